The summed E-state index contributed by atoms with van der Waals surface area (Å²) in [5.74, 6) is -0.808. The van der Waals surface area contributed by atoms with E-state index in [1.54, 1.807) is 35.2 Å². The molecule has 0 aromatic heterocycles. The normalized spacial score (nSPS) is 15.2. The first-order valence-corrected chi connectivity index (χ1v) is 8.57. The summed E-state index contributed by atoms with van der Waals surface area (Å²) < 4.78 is 13.5. The van der Waals surface area contributed by atoms with Crippen LogP contribution in [0.15, 0.2) is 59.7 Å². The van der Waals surface area contributed by atoms with Gasteiger partial charge in [-0.2, -0.15) is 5.10 Å². The molecule has 5 nitrogen and oxygen atoms in total. The number of hydrazone groups is 1. The topological polar surface area (TPSA) is 61.8 Å². The third kappa shape index (κ3) is 4.33. The Labute approximate surface area is 151 Å². The molecule has 26 heavy (non-hydrogen) atoms. The molecule has 1 N–H and O–H groups in total. The van der Waals surface area contributed by atoms with Gasteiger partial charge in [0.2, 0.25) is 5.91 Å². The molecule has 0 aliphatic carbocycles. The molecule has 0 radical (unpaired) electrons. The van der Waals surface area contributed by atoms with Crippen molar-refractivity contribution in [1.29, 1.82) is 0 Å². The predicted molar refractivity (Wildman–Crippen MR) is 97.2 cm³/mol. The molecule has 2 amide bonds. The molecule has 1 aliphatic rings. The van der Waals surface area contributed by atoms with Crippen LogP contribution in [0.4, 0.5) is 4.39 Å². The summed E-state index contributed by atoms with van der Waals surface area (Å²) in [6, 6.07) is 15.3. The summed E-state index contributed by atoms with van der Waals surface area (Å²) in [6.07, 6.45) is 2.46. The van der Waals surface area contributed by atoms with Gasteiger partial charge in [-0.25, -0.2) is 9.82 Å². The zero-order valence-electron chi connectivity index (χ0n) is 14.3. The molecule has 0 atom stereocenters. The number of halogens is 1. The molecule has 3 rings (SSSR count). The standard InChI is InChI=1S/C20H20FN3O2/c21-18-9-5-4-8-17(18)14-22-23-19(25)15-10-12-24(13-11-15)20(26)16-6-2-1-3-7-16/h1-9,14-15H,10-13H2,(H,23,25)/b22-14-. The molecule has 6 heteroatoms. The van der Waals surface area contributed by atoms with E-state index < -0.39 is 5.82 Å². The van der Waals surface area contributed by atoms with E-state index in [1.807, 2.05) is 18.2 Å². The molecule has 2 aromatic carbocycles. The minimum Gasteiger partial charge on any atom is -0.339 e. The number of carbonyl (C=O) groups excluding carboxylic acids is 2. The van der Waals surface area contributed by atoms with Crippen molar-refractivity contribution in [2.24, 2.45) is 11.0 Å². The van der Waals surface area contributed by atoms with Gasteiger partial charge < -0.3 is 4.90 Å². The zero-order valence-corrected chi connectivity index (χ0v) is 14.3. The van der Waals surface area contributed by atoms with Crippen molar-refractivity contribution < 1.29 is 14.0 Å². The van der Waals surface area contributed by atoms with Crippen LogP contribution in [0, 0.1) is 11.7 Å². The molecular formula is C20H20FN3O2. The highest BCUT2D eigenvalue weighted by Crippen LogP contribution is 2.19. The van der Waals surface area contributed by atoms with Gasteiger partial charge in [-0.15, -0.1) is 0 Å². The number of hydrogen-bond donors (Lipinski definition) is 1. The summed E-state index contributed by atoms with van der Waals surface area (Å²) in [7, 11) is 0. The van der Waals surface area contributed by atoms with Gasteiger partial charge in [0.25, 0.3) is 5.91 Å². The van der Waals surface area contributed by atoms with Gasteiger partial charge >= 0.3 is 0 Å². The van der Waals surface area contributed by atoms with Crippen LogP contribution in [-0.4, -0.2) is 36.0 Å². The fourth-order valence-electron chi connectivity index (χ4n) is 2.94. The Morgan fingerprint density at radius 1 is 1.04 bits per heavy atom. The molecule has 1 heterocycles. The molecule has 1 saturated heterocycles. The van der Waals surface area contributed by atoms with Crippen molar-refractivity contribution >= 4 is 18.0 Å². The highest BCUT2D eigenvalue weighted by atomic mass is 19.1. The lowest BCUT2D eigenvalue weighted by atomic mass is 9.95. The fraction of sp³-hybridized carbons (Fsp3) is 0.250. The third-order valence-corrected chi connectivity index (χ3v) is 4.46. The van der Waals surface area contributed by atoms with E-state index in [9.17, 15) is 14.0 Å². The van der Waals surface area contributed by atoms with E-state index in [-0.39, 0.29) is 17.7 Å². The van der Waals surface area contributed by atoms with Crippen LogP contribution in [0.3, 0.4) is 0 Å². The van der Waals surface area contributed by atoms with E-state index in [0.717, 1.165) is 0 Å². The van der Waals surface area contributed by atoms with Crippen LogP contribution in [-0.2, 0) is 4.79 Å². The molecule has 0 spiro atoms. The molecule has 2 aromatic rings. The number of benzene rings is 2. The van der Waals surface area contributed by atoms with Gasteiger partial charge in [-0.1, -0.05) is 36.4 Å². The highest BCUT2D eigenvalue weighted by Gasteiger charge is 2.27. The highest BCUT2D eigenvalue weighted by molar-refractivity contribution is 5.94. The van der Waals surface area contributed by atoms with Gasteiger partial charge in [0.15, 0.2) is 0 Å². The number of likely N-dealkylation sites (tertiary alicyclic amines) is 1. The van der Waals surface area contributed by atoms with Crippen LogP contribution in [0.2, 0.25) is 0 Å². The lowest BCUT2D eigenvalue weighted by molar-refractivity contribution is -0.126. The van der Waals surface area contributed by atoms with Crippen molar-refractivity contribution in [3.63, 3.8) is 0 Å². The summed E-state index contributed by atoms with van der Waals surface area (Å²) in [5, 5.41) is 3.83. The van der Waals surface area contributed by atoms with Crippen LogP contribution in [0.5, 0.6) is 0 Å². The Bertz CT molecular complexity index is 800. The largest absolute Gasteiger partial charge is 0.339 e. The summed E-state index contributed by atoms with van der Waals surface area (Å²) >= 11 is 0. The Morgan fingerprint density at radius 3 is 2.38 bits per heavy atom. The average molecular weight is 353 g/mol. The lowest BCUT2D eigenvalue weighted by Gasteiger charge is -2.31. The summed E-state index contributed by atoms with van der Waals surface area (Å²) in [6.45, 7) is 1.06. The number of rotatable bonds is 4. The molecule has 1 aliphatic heterocycles. The van der Waals surface area contributed by atoms with Crippen molar-refractivity contribution in [1.82, 2.24) is 10.3 Å². The summed E-state index contributed by atoms with van der Waals surface area (Å²) in [4.78, 5) is 26.4. The van der Waals surface area contributed by atoms with E-state index in [2.05, 4.69) is 10.5 Å². The number of nitrogens with one attached hydrogen (secondary N) is 1. The second-order valence-electron chi connectivity index (χ2n) is 6.19. The first-order valence-electron chi connectivity index (χ1n) is 8.57. The van der Waals surface area contributed by atoms with E-state index in [1.165, 1.54) is 12.3 Å². The van der Waals surface area contributed by atoms with Crippen LogP contribution < -0.4 is 5.43 Å². The van der Waals surface area contributed by atoms with Crippen LogP contribution in [0.1, 0.15) is 28.8 Å². The monoisotopic (exact) mass is 353 g/mol. The van der Waals surface area contributed by atoms with E-state index in [4.69, 9.17) is 0 Å². The van der Waals surface area contributed by atoms with Gasteiger partial charge in [-0.05, 0) is 31.0 Å². The van der Waals surface area contributed by atoms with E-state index in [0.29, 0.717) is 37.1 Å². The number of carbonyl (C=O) groups is 2. The van der Waals surface area contributed by atoms with Gasteiger partial charge in [0.1, 0.15) is 5.82 Å². The number of nitrogens with zero attached hydrogens (tertiary/aromatic N) is 2. The molecule has 0 saturated carbocycles. The molecule has 1 fully saturated rings. The van der Waals surface area contributed by atoms with Gasteiger partial charge in [0, 0.05) is 30.1 Å². The maximum absolute atomic E-state index is 13.5. The molecule has 0 unspecified atom stereocenters. The zero-order chi connectivity index (χ0) is 18.4. The van der Waals surface area contributed by atoms with Crippen molar-refractivity contribution in [3.05, 3.63) is 71.5 Å². The molecule has 0 bridgehead atoms. The first-order chi connectivity index (χ1) is 12.6. The summed E-state index contributed by atoms with van der Waals surface area (Å²) in [5.41, 5.74) is 3.44. The number of hydrogen-bond acceptors (Lipinski definition) is 3. The Kier molecular flexibility index (Phi) is 5.73. The van der Waals surface area contributed by atoms with Gasteiger partial charge in [-0.3, -0.25) is 9.59 Å². The minimum absolute atomic E-state index is 0.0120. The van der Waals surface area contributed by atoms with E-state index >= 15 is 0 Å². The molecule has 134 valence electrons. The second-order valence-corrected chi connectivity index (χ2v) is 6.19. The number of amides is 2. The van der Waals surface area contributed by atoms with Crippen LogP contribution >= 0.6 is 0 Å². The maximum Gasteiger partial charge on any atom is 0.253 e. The van der Waals surface area contributed by atoms with Crippen molar-refractivity contribution in [2.45, 2.75) is 12.8 Å². The lowest BCUT2D eigenvalue weighted by Crippen LogP contribution is -2.42. The fourth-order valence-corrected chi connectivity index (χ4v) is 2.94. The average Bonchev–Trinajstić information content (AvgIpc) is 2.69. The molecular weight excluding hydrogens is 333 g/mol. The third-order valence-electron chi connectivity index (χ3n) is 4.46. The van der Waals surface area contributed by atoms with Crippen LogP contribution in [0.25, 0.3) is 0 Å². The smallest absolute Gasteiger partial charge is 0.253 e. The van der Waals surface area contributed by atoms with Crippen molar-refractivity contribution in [3.8, 4) is 0 Å². The minimum atomic E-state index is -0.391. The number of piperidine rings is 1. The maximum atomic E-state index is 13.5. The predicted octanol–water partition coefficient (Wildman–Crippen LogP) is 2.83. The SMILES string of the molecule is O=C(N/N=C\c1ccccc1F)C1CCN(C(=O)c2ccccc2)CC1. The van der Waals surface area contributed by atoms with Crippen molar-refractivity contribution in [2.75, 3.05) is 13.1 Å². The quantitative estimate of drug-likeness (QED) is 0.679. The first kappa shape index (κ1) is 17.8. The second kappa shape index (κ2) is 8.38. The Balaban J connectivity index is 1.49. The Hall–Kier alpha value is -3.02. The Morgan fingerprint density at radius 2 is 1.69 bits per heavy atom. The van der Waals surface area contributed by atoms with Gasteiger partial charge in [0.05, 0.1) is 6.21 Å².